The molecule has 0 aromatic rings. The van der Waals surface area contributed by atoms with Crippen molar-refractivity contribution in [3.63, 3.8) is 0 Å². The van der Waals surface area contributed by atoms with Crippen LogP contribution in [-0.4, -0.2) is 36.3 Å². The molecule has 86 valence electrons. The van der Waals surface area contributed by atoms with Gasteiger partial charge in [0.05, 0.1) is 5.75 Å². The number of ketones is 1. The lowest BCUT2D eigenvalue weighted by molar-refractivity contribution is -0.122. The van der Waals surface area contributed by atoms with Crippen molar-refractivity contribution in [1.29, 1.82) is 0 Å². The molecule has 5 heteroatoms. The molecule has 0 spiro atoms. The van der Waals surface area contributed by atoms with E-state index in [0.29, 0.717) is 19.3 Å². The van der Waals surface area contributed by atoms with Crippen molar-refractivity contribution in [1.82, 2.24) is 4.31 Å². The smallest absolute Gasteiger partial charge is 0.214 e. The lowest BCUT2D eigenvalue weighted by atomic mass is 10.0. The van der Waals surface area contributed by atoms with Crippen LogP contribution < -0.4 is 0 Å². The molecule has 2 saturated heterocycles. The highest BCUT2D eigenvalue weighted by molar-refractivity contribution is 7.89. The summed E-state index contributed by atoms with van der Waals surface area (Å²) in [4.78, 5) is 11.3. The fraction of sp³-hybridized carbons (Fsp3) is 0.900. The molecule has 2 bridgehead atoms. The van der Waals surface area contributed by atoms with Crippen LogP contribution in [0.1, 0.15) is 39.0 Å². The molecule has 0 saturated carbocycles. The van der Waals surface area contributed by atoms with Crippen LogP contribution in [0.3, 0.4) is 0 Å². The van der Waals surface area contributed by atoms with Crippen LogP contribution in [0.5, 0.6) is 0 Å². The molecule has 2 atom stereocenters. The normalized spacial score (nSPS) is 32.2. The van der Waals surface area contributed by atoms with Gasteiger partial charge in [-0.05, 0) is 19.3 Å². The molecular formula is C10H17NO3S. The molecule has 2 aliphatic rings. The third kappa shape index (κ3) is 1.95. The van der Waals surface area contributed by atoms with Gasteiger partial charge in [0.2, 0.25) is 10.0 Å². The second-order valence-electron chi connectivity index (χ2n) is 4.48. The molecule has 0 amide bonds. The van der Waals surface area contributed by atoms with Crippen molar-refractivity contribution in [2.75, 3.05) is 5.75 Å². The van der Waals surface area contributed by atoms with E-state index in [1.165, 1.54) is 0 Å². The summed E-state index contributed by atoms with van der Waals surface area (Å²) in [5.74, 6) is 0.444. The quantitative estimate of drug-likeness (QED) is 0.726. The predicted octanol–water partition coefficient (Wildman–Crippen LogP) is 0.922. The largest absolute Gasteiger partial charge is 0.300 e. The van der Waals surface area contributed by atoms with Gasteiger partial charge in [0.1, 0.15) is 5.78 Å². The Morgan fingerprint density at radius 3 is 2.27 bits per heavy atom. The number of nitrogens with zero attached hydrogens (tertiary/aromatic N) is 1. The van der Waals surface area contributed by atoms with Gasteiger partial charge in [0.15, 0.2) is 0 Å². The van der Waals surface area contributed by atoms with E-state index in [1.807, 2.05) is 6.92 Å². The van der Waals surface area contributed by atoms with Gasteiger partial charge in [-0.25, -0.2) is 8.42 Å². The van der Waals surface area contributed by atoms with E-state index >= 15 is 0 Å². The average Bonchev–Trinajstić information content (AvgIpc) is 2.40. The van der Waals surface area contributed by atoms with Crippen LogP contribution in [0, 0.1) is 0 Å². The van der Waals surface area contributed by atoms with Gasteiger partial charge in [-0.3, -0.25) is 4.79 Å². The minimum Gasteiger partial charge on any atom is -0.300 e. The van der Waals surface area contributed by atoms with Crippen LogP contribution in [-0.2, 0) is 14.8 Å². The molecule has 0 aromatic carbocycles. The first-order valence-electron chi connectivity index (χ1n) is 5.57. The minimum absolute atomic E-state index is 0.0344. The van der Waals surface area contributed by atoms with E-state index in [-0.39, 0.29) is 23.6 Å². The molecule has 2 rings (SSSR count). The van der Waals surface area contributed by atoms with Gasteiger partial charge in [0.25, 0.3) is 0 Å². The summed E-state index contributed by atoms with van der Waals surface area (Å²) in [5.41, 5.74) is 0. The maximum Gasteiger partial charge on any atom is 0.214 e. The highest BCUT2D eigenvalue weighted by Crippen LogP contribution is 2.36. The second-order valence-corrected chi connectivity index (χ2v) is 6.47. The summed E-state index contributed by atoms with van der Waals surface area (Å²) in [6, 6.07) is -0.0689. The van der Waals surface area contributed by atoms with E-state index in [1.54, 1.807) is 4.31 Å². The summed E-state index contributed by atoms with van der Waals surface area (Å²) in [6.45, 7) is 1.87. The first-order chi connectivity index (χ1) is 7.04. The Kier molecular flexibility index (Phi) is 2.85. The summed E-state index contributed by atoms with van der Waals surface area (Å²) in [5, 5.41) is 0. The standard InChI is InChI=1S/C10H17NO3S/c1-2-5-15(13,14)11-8-3-4-9(11)7-10(12)6-8/h8-9H,2-7H2,1H3. The van der Waals surface area contributed by atoms with E-state index in [0.717, 1.165) is 12.8 Å². The fourth-order valence-electron chi connectivity index (χ4n) is 2.75. The molecule has 0 aromatic heterocycles. The van der Waals surface area contributed by atoms with Crippen molar-refractivity contribution in [2.45, 2.75) is 51.1 Å². The third-order valence-electron chi connectivity index (χ3n) is 3.26. The van der Waals surface area contributed by atoms with Crippen molar-refractivity contribution in [2.24, 2.45) is 0 Å². The molecule has 0 aliphatic carbocycles. The van der Waals surface area contributed by atoms with E-state index in [4.69, 9.17) is 0 Å². The van der Waals surface area contributed by atoms with E-state index < -0.39 is 10.0 Å². The number of rotatable bonds is 3. The van der Waals surface area contributed by atoms with Gasteiger partial charge >= 0.3 is 0 Å². The number of carbonyl (C=O) groups excluding carboxylic acids is 1. The van der Waals surface area contributed by atoms with Crippen molar-refractivity contribution >= 4 is 15.8 Å². The zero-order valence-corrected chi connectivity index (χ0v) is 9.79. The molecular weight excluding hydrogens is 214 g/mol. The Bertz CT molecular complexity index is 347. The maximum atomic E-state index is 12.0. The lowest BCUT2D eigenvalue weighted by Crippen LogP contribution is -2.47. The van der Waals surface area contributed by atoms with Gasteiger partial charge in [-0.2, -0.15) is 4.31 Å². The molecule has 0 N–H and O–H groups in total. The Balaban J connectivity index is 2.21. The first-order valence-corrected chi connectivity index (χ1v) is 7.18. The van der Waals surface area contributed by atoms with Gasteiger partial charge in [-0.1, -0.05) is 6.92 Å². The van der Waals surface area contributed by atoms with Gasteiger partial charge in [-0.15, -0.1) is 0 Å². The lowest BCUT2D eigenvalue weighted by Gasteiger charge is -2.32. The summed E-state index contributed by atoms with van der Waals surface area (Å²) >= 11 is 0. The number of sulfonamides is 1. The summed E-state index contributed by atoms with van der Waals surface area (Å²) < 4.78 is 25.6. The summed E-state index contributed by atoms with van der Waals surface area (Å²) in [7, 11) is -3.11. The Hall–Kier alpha value is -0.420. The van der Waals surface area contributed by atoms with Crippen molar-refractivity contribution in [3.05, 3.63) is 0 Å². The summed E-state index contributed by atoms with van der Waals surface area (Å²) in [6.07, 6.45) is 3.23. The molecule has 2 heterocycles. The minimum atomic E-state index is -3.11. The molecule has 2 aliphatic heterocycles. The monoisotopic (exact) mass is 231 g/mol. The number of hydrogen-bond donors (Lipinski definition) is 0. The van der Waals surface area contributed by atoms with Gasteiger partial charge < -0.3 is 0 Å². The predicted molar refractivity (Wildman–Crippen MR) is 57.0 cm³/mol. The molecule has 0 radical (unpaired) electrons. The van der Waals surface area contributed by atoms with Crippen LogP contribution in [0.2, 0.25) is 0 Å². The number of hydrogen-bond acceptors (Lipinski definition) is 3. The first kappa shape index (κ1) is 11.1. The van der Waals surface area contributed by atoms with Crippen LogP contribution >= 0.6 is 0 Å². The number of Topliss-reactive ketones (excluding diaryl/α,β-unsaturated/α-hetero) is 1. The molecule has 4 nitrogen and oxygen atoms in total. The number of carbonyl (C=O) groups is 1. The SMILES string of the molecule is CCCS(=O)(=O)N1C2CCC1CC(=O)C2. The van der Waals surface area contributed by atoms with E-state index in [9.17, 15) is 13.2 Å². The highest BCUT2D eigenvalue weighted by Gasteiger charge is 2.45. The Morgan fingerprint density at radius 1 is 1.27 bits per heavy atom. The Morgan fingerprint density at radius 2 is 1.80 bits per heavy atom. The van der Waals surface area contributed by atoms with Gasteiger partial charge in [0, 0.05) is 24.9 Å². The molecule has 2 fully saturated rings. The number of fused-ring (bicyclic) bond motifs is 2. The average molecular weight is 231 g/mol. The molecule has 15 heavy (non-hydrogen) atoms. The van der Waals surface area contributed by atoms with Crippen LogP contribution in [0.15, 0.2) is 0 Å². The highest BCUT2D eigenvalue weighted by atomic mass is 32.2. The van der Waals surface area contributed by atoms with Crippen molar-refractivity contribution < 1.29 is 13.2 Å². The van der Waals surface area contributed by atoms with Crippen molar-refractivity contribution in [3.8, 4) is 0 Å². The maximum absolute atomic E-state index is 12.0. The third-order valence-corrected chi connectivity index (χ3v) is 5.43. The second kappa shape index (κ2) is 3.87. The van der Waals surface area contributed by atoms with Crippen LogP contribution in [0.25, 0.3) is 0 Å². The fourth-order valence-corrected chi connectivity index (χ4v) is 4.74. The molecule has 2 unspecified atom stereocenters. The van der Waals surface area contributed by atoms with Crippen LogP contribution in [0.4, 0.5) is 0 Å². The van der Waals surface area contributed by atoms with E-state index in [2.05, 4.69) is 0 Å². The zero-order valence-electron chi connectivity index (χ0n) is 8.98. The topological polar surface area (TPSA) is 54.5 Å². The Labute approximate surface area is 90.7 Å². The number of piperidine rings is 1. The zero-order chi connectivity index (χ0) is 11.1.